The summed E-state index contributed by atoms with van der Waals surface area (Å²) in [7, 11) is 0. The molecule has 0 aliphatic heterocycles. The van der Waals surface area contributed by atoms with Crippen LogP contribution in [-0.4, -0.2) is 37.3 Å². The summed E-state index contributed by atoms with van der Waals surface area (Å²) in [6.07, 6.45) is 10.7. The van der Waals surface area contributed by atoms with Gasteiger partial charge in [-0.2, -0.15) is 0 Å². The van der Waals surface area contributed by atoms with Gasteiger partial charge >= 0.3 is 0 Å². The number of unbranched alkanes of at least 4 members (excludes halogenated alkanes) is 1. The zero-order valence-corrected chi connectivity index (χ0v) is 15.2. The van der Waals surface area contributed by atoms with Gasteiger partial charge in [-0.05, 0) is 53.4 Å². The van der Waals surface area contributed by atoms with Crippen molar-refractivity contribution in [3.05, 3.63) is 0 Å². The van der Waals surface area contributed by atoms with Gasteiger partial charge in [0.2, 0.25) is 0 Å². The van der Waals surface area contributed by atoms with E-state index in [1.54, 1.807) is 0 Å². The first-order chi connectivity index (χ1) is 10.5. The predicted octanol–water partition coefficient (Wildman–Crippen LogP) is 3.86. The summed E-state index contributed by atoms with van der Waals surface area (Å²) in [6, 6.07) is 0. The van der Waals surface area contributed by atoms with E-state index in [2.05, 4.69) is 43.3 Å². The maximum atomic E-state index is 6.02. The largest absolute Gasteiger partial charge is 0.378 e. The van der Waals surface area contributed by atoms with E-state index in [1.807, 2.05) is 0 Å². The maximum absolute atomic E-state index is 6.02. The van der Waals surface area contributed by atoms with E-state index in [9.17, 15) is 0 Å². The van der Waals surface area contributed by atoms with Crippen LogP contribution in [0.1, 0.15) is 79.1 Å². The molecule has 0 aromatic rings. The molecule has 0 heterocycles. The van der Waals surface area contributed by atoms with Crippen molar-refractivity contribution < 1.29 is 4.74 Å². The molecule has 130 valence electrons. The highest BCUT2D eigenvalue weighted by Crippen LogP contribution is 2.19. The van der Waals surface area contributed by atoms with Gasteiger partial charge in [0.1, 0.15) is 0 Å². The lowest BCUT2D eigenvalue weighted by Gasteiger charge is -2.23. The Hall–Kier alpha value is -0.770. The molecule has 0 radical (unpaired) electrons. The topological polar surface area (TPSA) is 45.7 Å². The average Bonchev–Trinajstić information content (AvgIpc) is 2.69. The number of guanidine groups is 1. The van der Waals surface area contributed by atoms with Gasteiger partial charge in [-0.3, -0.25) is 4.99 Å². The van der Waals surface area contributed by atoms with Crippen LogP contribution in [0.25, 0.3) is 0 Å². The number of hydrogen-bond acceptors (Lipinski definition) is 2. The Morgan fingerprint density at radius 3 is 2.36 bits per heavy atom. The molecule has 2 N–H and O–H groups in total. The zero-order valence-electron chi connectivity index (χ0n) is 15.2. The highest BCUT2D eigenvalue weighted by molar-refractivity contribution is 5.80. The highest BCUT2D eigenvalue weighted by atomic mass is 16.5. The molecule has 0 bridgehead atoms. The predicted molar refractivity (Wildman–Crippen MR) is 95.5 cm³/mol. The van der Waals surface area contributed by atoms with Gasteiger partial charge < -0.3 is 15.4 Å². The summed E-state index contributed by atoms with van der Waals surface area (Å²) in [6.45, 7) is 11.2. The first kappa shape index (κ1) is 19.3. The minimum atomic E-state index is 0.0452. The normalized spacial score (nSPS) is 18.1. The summed E-state index contributed by atoms with van der Waals surface area (Å²) in [5.41, 5.74) is 0.0452. The second kappa shape index (κ2) is 10.9. The van der Waals surface area contributed by atoms with Crippen LogP contribution in [0.5, 0.6) is 0 Å². The van der Waals surface area contributed by atoms with E-state index >= 15 is 0 Å². The first-order valence-electron chi connectivity index (χ1n) is 9.19. The summed E-state index contributed by atoms with van der Waals surface area (Å²) in [4.78, 5) is 4.64. The molecule has 0 saturated heterocycles. The molecule has 22 heavy (non-hydrogen) atoms. The van der Waals surface area contributed by atoms with Crippen LogP contribution >= 0.6 is 0 Å². The Kier molecular flexibility index (Phi) is 9.53. The minimum Gasteiger partial charge on any atom is -0.378 e. The zero-order chi connectivity index (χ0) is 16.3. The van der Waals surface area contributed by atoms with Gasteiger partial charge in [-0.25, -0.2) is 0 Å². The lowest BCUT2D eigenvalue weighted by atomic mass is 10.1. The van der Waals surface area contributed by atoms with Crippen LogP contribution in [0.4, 0.5) is 0 Å². The number of nitrogens with zero attached hydrogens (tertiary/aromatic N) is 1. The van der Waals surface area contributed by atoms with Crippen LogP contribution in [0.15, 0.2) is 4.99 Å². The highest BCUT2D eigenvalue weighted by Gasteiger charge is 2.12. The average molecular weight is 312 g/mol. The Morgan fingerprint density at radius 1 is 1.09 bits per heavy atom. The van der Waals surface area contributed by atoms with Crippen molar-refractivity contribution >= 4 is 5.96 Å². The maximum Gasteiger partial charge on any atom is 0.191 e. The van der Waals surface area contributed by atoms with Gasteiger partial charge in [0.25, 0.3) is 0 Å². The van der Waals surface area contributed by atoms with Crippen LogP contribution in [-0.2, 0) is 4.74 Å². The molecule has 1 fully saturated rings. The SMILES string of the molecule is CCNC(=NCCCCOC1CCCCCC1)NC(C)(C)C. The van der Waals surface area contributed by atoms with Crippen molar-refractivity contribution in [1.29, 1.82) is 0 Å². The van der Waals surface area contributed by atoms with Gasteiger partial charge in [-0.1, -0.05) is 25.7 Å². The fourth-order valence-electron chi connectivity index (χ4n) is 2.73. The molecular weight excluding hydrogens is 274 g/mol. The van der Waals surface area contributed by atoms with Crippen LogP contribution in [0.2, 0.25) is 0 Å². The molecule has 0 unspecified atom stereocenters. The van der Waals surface area contributed by atoms with Gasteiger partial charge in [0, 0.05) is 25.2 Å². The van der Waals surface area contributed by atoms with Crippen LogP contribution in [0, 0.1) is 0 Å². The van der Waals surface area contributed by atoms with Crippen molar-refractivity contribution in [1.82, 2.24) is 10.6 Å². The molecule has 0 aromatic carbocycles. The Labute approximate surface area is 137 Å². The molecule has 0 amide bonds. The molecule has 1 saturated carbocycles. The van der Waals surface area contributed by atoms with Crippen molar-refractivity contribution in [2.45, 2.75) is 90.7 Å². The van der Waals surface area contributed by atoms with Gasteiger partial charge in [0.05, 0.1) is 6.10 Å². The summed E-state index contributed by atoms with van der Waals surface area (Å²) >= 11 is 0. The van der Waals surface area contributed by atoms with E-state index < -0.39 is 0 Å². The number of ether oxygens (including phenoxy) is 1. The Morgan fingerprint density at radius 2 is 1.77 bits per heavy atom. The molecular formula is C18H37N3O. The van der Waals surface area contributed by atoms with Crippen molar-refractivity contribution in [3.8, 4) is 0 Å². The van der Waals surface area contributed by atoms with Gasteiger partial charge in [-0.15, -0.1) is 0 Å². The van der Waals surface area contributed by atoms with E-state index in [0.29, 0.717) is 6.10 Å². The lowest BCUT2D eigenvalue weighted by Crippen LogP contribution is -2.47. The minimum absolute atomic E-state index is 0.0452. The summed E-state index contributed by atoms with van der Waals surface area (Å²) in [5.74, 6) is 0.916. The number of hydrogen-bond donors (Lipinski definition) is 2. The van der Waals surface area contributed by atoms with Gasteiger partial charge in [0.15, 0.2) is 5.96 Å². The fourth-order valence-corrected chi connectivity index (χ4v) is 2.73. The smallest absolute Gasteiger partial charge is 0.191 e. The third-order valence-corrected chi connectivity index (χ3v) is 3.82. The van der Waals surface area contributed by atoms with Crippen molar-refractivity contribution in [2.75, 3.05) is 19.7 Å². The van der Waals surface area contributed by atoms with E-state index in [1.165, 1.54) is 38.5 Å². The van der Waals surface area contributed by atoms with E-state index in [4.69, 9.17) is 4.74 Å². The molecule has 1 aliphatic carbocycles. The number of rotatable bonds is 7. The number of nitrogens with one attached hydrogen (secondary N) is 2. The Balaban J connectivity index is 2.14. The fraction of sp³-hybridized carbons (Fsp3) is 0.944. The molecule has 4 heteroatoms. The molecule has 1 rings (SSSR count). The molecule has 4 nitrogen and oxygen atoms in total. The standard InChI is InChI=1S/C18H37N3O/c1-5-19-17(21-18(2,3)4)20-14-10-11-15-22-16-12-8-6-7-9-13-16/h16H,5-15H2,1-4H3,(H2,19,20,21). The first-order valence-corrected chi connectivity index (χ1v) is 9.19. The van der Waals surface area contributed by atoms with E-state index in [0.717, 1.165) is 38.5 Å². The second-order valence-electron chi connectivity index (χ2n) is 7.33. The van der Waals surface area contributed by atoms with Crippen molar-refractivity contribution in [2.24, 2.45) is 4.99 Å². The monoisotopic (exact) mass is 311 g/mol. The molecule has 1 aliphatic rings. The van der Waals surface area contributed by atoms with E-state index in [-0.39, 0.29) is 5.54 Å². The number of aliphatic imine (C=N–C) groups is 1. The van der Waals surface area contributed by atoms with Crippen LogP contribution < -0.4 is 10.6 Å². The van der Waals surface area contributed by atoms with Crippen molar-refractivity contribution in [3.63, 3.8) is 0 Å². The molecule has 0 atom stereocenters. The summed E-state index contributed by atoms with van der Waals surface area (Å²) < 4.78 is 6.02. The van der Waals surface area contributed by atoms with Crippen LogP contribution in [0.3, 0.4) is 0 Å². The third-order valence-electron chi connectivity index (χ3n) is 3.82. The summed E-state index contributed by atoms with van der Waals surface area (Å²) in [5, 5.41) is 6.71. The second-order valence-corrected chi connectivity index (χ2v) is 7.33. The Bertz CT molecular complexity index is 302. The molecule has 0 aromatic heterocycles. The lowest BCUT2D eigenvalue weighted by molar-refractivity contribution is 0.0413. The molecule has 0 spiro atoms. The quantitative estimate of drug-likeness (QED) is 0.325. The third kappa shape index (κ3) is 10.0.